The predicted octanol–water partition coefficient (Wildman–Crippen LogP) is 3.55. The highest BCUT2D eigenvalue weighted by Crippen LogP contribution is 2.37. The molecule has 2 heterocycles. The van der Waals surface area contributed by atoms with Gasteiger partial charge in [-0.1, -0.05) is 13.3 Å². The third-order valence-electron chi connectivity index (χ3n) is 3.62. The average Bonchev–Trinajstić information content (AvgIpc) is 2.38. The second kappa shape index (κ2) is 5.26. The second-order valence-corrected chi connectivity index (χ2v) is 4.77. The van der Waals surface area contributed by atoms with Gasteiger partial charge < -0.3 is 5.32 Å². The number of hydrogen-bond acceptors (Lipinski definition) is 2. The molecule has 0 saturated carbocycles. The maximum Gasteiger partial charge on any atom is 0.416 e. The topological polar surface area (TPSA) is 24.9 Å². The second-order valence-electron chi connectivity index (χ2n) is 4.77. The van der Waals surface area contributed by atoms with Crippen LogP contribution in [0.3, 0.4) is 0 Å². The lowest BCUT2D eigenvalue weighted by atomic mass is 9.86. The largest absolute Gasteiger partial charge is 0.416 e. The number of halogens is 3. The molecule has 1 aliphatic heterocycles. The minimum atomic E-state index is -4.31. The maximum absolute atomic E-state index is 12.9. The summed E-state index contributed by atoms with van der Waals surface area (Å²) in [6, 6.07) is 0.834. The first-order valence-corrected chi connectivity index (χ1v) is 6.27. The first kappa shape index (κ1) is 13.3. The molecule has 2 unspecified atom stereocenters. The number of alkyl halides is 3. The molecule has 0 radical (unpaired) electrons. The van der Waals surface area contributed by atoms with Crippen molar-refractivity contribution in [2.45, 2.75) is 38.4 Å². The highest BCUT2D eigenvalue weighted by Gasteiger charge is 2.36. The Balaban J connectivity index is 2.27. The van der Waals surface area contributed by atoms with Crippen LogP contribution < -0.4 is 5.32 Å². The molecule has 0 aromatic carbocycles. The summed E-state index contributed by atoms with van der Waals surface area (Å²) < 4.78 is 38.8. The van der Waals surface area contributed by atoms with E-state index >= 15 is 0 Å². The Hall–Kier alpha value is -1.10. The van der Waals surface area contributed by atoms with Gasteiger partial charge in [0.2, 0.25) is 0 Å². The van der Waals surface area contributed by atoms with Gasteiger partial charge in [-0.15, -0.1) is 0 Å². The Kier molecular flexibility index (Phi) is 3.90. The van der Waals surface area contributed by atoms with Crippen molar-refractivity contribution in [3.63, 3.8) is 0 Å². The van der Waals surface area contributed by atoms with Crippen molar-refractivity contribution >= 4 is 0 Å². The zero-order valence-electron chi connectivity index (χ0n) is 10.3. The van der Waals surface area contributed by atoms with E-state index in [1.165, 1.54) is 12.4 Å². The molecule has 1 aliphatic rings. The van der Waals surface area contributed by atoms with E-state index in [4.69, 9.17) is 0 Å². The van der Waals surface area contributed by atoms with Gasteiger partial charge in [0.15, 0.2) is 0 Å². The summed E-state index contributed by atoms with van der Waals surface area (Å²) >= 11 is 0. The van der Waals surface area contributed by atoms with Gasteiger partial charge in [-0.3, -0.25) is 4.98 Å². The number of rotatable bonds is 2. The van der Waals surface area contributed by atoms with E-state index in [0.29, 0.717) is 5.92 Å². The van der Waals surface area contributed by atoms with E-state index in [1.54, 1.807) is 0 Å². The zero-order chi connectivity index (χ0) is 13.2. The van der Waals surface area contributed by atoms with Crippen molar-refractivity contribution in [3.05, 3.63) is 29.6 Å². The molecule has 100 valence electrons. The van der Waals surface area contributed by atoms with E-state index in [-0.39, 0.29) is 11.6 Å². The van der Waals surface area contributed by atoms with Gasteiger partial charge in [-0.25, -0.2) is 0 Å². The van der Waals surface area contributed by atoms with Crippen LogP contribution in [0.2, 0.25) is 0 Å². The molecule has 0 aliphatic carbocycles. The molecule has 18 heavy (non-hydrogen) atoms. The van der Waals surface area contributed by atoms with Gasteiger partial charge in [-0.05, 0) is 36.9 Å². The van der Waals surface area contributed by atoms with Crippen LogP contribution in [0.15, 0.2) is 18.5 Å². The maximum atomic E-state index is 12.9. The molecular formula is C13H17F3N2. The SMILES string of the molecule is CCC1CCNC(c2cnccc2C(F)(F)F)C1. The quantitative estimate of drug-likeness (QED) is 0.877. The summed E-state index contributed by atoms with van der Waals surface area (Å²) in [4.78, 5) is 3.84. The Morgan fingerprint density at radius 3 is 2.89 bits per heavy atom. The highest BCUT2D eigenvalue weighted by atomic mass is 19.4. The summed E-state index contributed by atoms with van der Waals surface area (Å²) in [5.41, 5.74) is -0.282. The third kappa shape index (κ3) is 2.83. The lowest BCUT2D eigenvalue weighted by Crippen LogP contribution is -2.33. The predicted molar refractivity (Wildman–Crippen MR) is 63.0 cm³/mol. The number of nitrogens with zero attached hydrogens (tertiary/aromatic N) is 1. The standard InChI is InChI=1S/C13H17F3N2/c1-2-9-3-6-18-12(7-9)10-8-17-5-4-11(10)13(14,15)16/h4-5,8-9,12,18H,2-3,6-7H2,1H3. The number of hydrogen-bond donors (Lipinski definition) is 1. The molecule has 2 atom stereocenters. The first-order valence-electron chi connectivity index (χ1n) is 6.27. The minimum absolute atomic E-state index is 0.228. The molecule has 0 bridgehead atoms. The fourth-order valence-corrected chi connectivity index (χ4v) is 2.55. The summed E-state index contributed by atoms with van der Waals surface area (Å²) in [5.74, 6) is 0.498. The monoisotopic (exact) mass is 258 g/mol. The van der Waals surface area contributed by atoms with Gasteiger partial charge in [-0.2, -0.15) is 13.2 Å². The Labute approximate surface area is 105 Å². The fraction of sp³-hybridized carbons (Fsp3) is 0.615. The van der Waals surface area contributed by atoms with Gasteiger partial charge in [0.05, 0.1) is 5.56 Å². The van der Waals surface area contributed by atoms with Crippen LogP contribution in [0.1, 0.15) is 43.4 Å². The van der Waals surface area contributed by atoms with Crippen molar-refractivity contribution < 1.29 is 13.2 Å². The number of pyridine rings is 1. The molecule has 1 aromatic rings. The van der Waals surface area contributed by atoms with Crippen LogP contribution in [0.5, 0.6) is 0 Å². The molecule has 0 amide bonds. The fourth-order valence-electron chi connectivity index (χ4n) is 2.55. The van der Waals surface area contributed by atoms with E-state index in [0.717, 1.165) is 31.9 Å². The lowest BCUT2D eigenvalue weighted by molar-refractivity contribution is -0.138. The number of nitrogens with one attached hydrogen (secondary N) is 1. The van der Waals surface area contributed by atoms with Gasteiger partial charge in [0.25, 0.3) is 0 Å². The van der Waals surface area contributed by atoms with Crippen molar-refractivity contribution in [2.75, 3.05) is 6.54 Å². The van der Waals surface area contributed by atoms with E-state index in [2.05, 4.69) is 17.2 Å². The van der Waals surface area contributed by atoms with E-state index in [1.807, 2.05) is 0 Å². The molecule has 5 heteroatoms. The normalized spacial score (nSPS) is 25.1. The third-order valence-corrected chi connectivity index (χ3v) is 3.62. The van der Waals surface area contributed by atoms with Crippen LogP contribution in [0.25, 0.3) is 0 Å². The molecular weight excluding hydrogens is 241 g/mol. The van der Waals surface area contributed by atoms with Crippen molar-refractivity contribution in [2.24, 2.45) is 5.92 Å². The summed E-state index contributed by atoms with van der Waals surface area (Å²) in [7, 11) is 0. The van der Waals surface area contributed by atoms with Crippen LogP contribution >= 0.6 is 0 Å². The molecule has 2 nitrogen and oxygen atoms in total. The highest BCUT2D eigenvalue weighted by molar-refractivity contribution is 5.29. The Bertz CT molecular complexity index is 403. The van der Waals surface area contributed by atoms with Crippen molar-refractivity contribution in [1.82, 2.24) is 10.3 Å². The summed E-state index contributed by atoms with van der Waals surface area (Å²) in [5, 5.41) is 3.17. The molecule has 2 rings (SSSR count). The Morgan fingerprint density at radius 1 is 1.44 bits per heavy atom. The van der Waals surface area contributed by atoms with E-state index < -0.39 is 11.7 Å². The number of aromatic nitrogens is 1. The van der Waals surface area contributed by atoms with Crippen LogP contribution in [0.4, 0.5) is 13.2 Å². The van der Waals surface area contributed by atoms with Gasteiger partial charge >= 0.3 is 6.18 Å². The molecule has 1 aromatic heterocycles. The van der Waals surface area contributed by atoms with Gasteiger partial charge in [0.1, 0.15) is 0 Å². The minimum Gasteiger partial charge on any atom is -0.310 e. The molecule has 0 spiro atoms. The molecule has 1 fully saturated rings. The average molecular weight is 258 g/mol. The van der Waals surface area contributed by atoms with E-state index in [9.17, 15) is 13.2 Å². The summed E-state index contributed by atoms with van der Waals surface area (Å²) in [6.45, 7) is 2.86. The van der Waals surface area contributed by atoms with Crippen molar-refractivity contribution in [3.8, 4) is 0 Å². The van der Waals surface area contributed by atoms with Gasteiger partial charge in [0, 0.05) is 18.4 Å². The zero-order valence-corrected chi connectivity index (χ0v) is 10.3. The smallest absolute Gasteiger partial charge is 0.310 e. The molecule has 1 saturated heterocycles. The van der Waals surface area contributed by atoms with Crippen molar-refractivity contribution in [1.29, 1.82) is 0 Å². The van der Waals surface area contributed by atoms with Crippen LogP contribution in [0, 0.1) is 5.92 Å². The Morgan fingerprint density at radius 2 is 2.22 bits per heavy atom. The number of piperidine rings is 1. The van der Waals surface area contributed by atoms with Crippen LogP contribution in [-0.4, -0.2) is 11.5 Å². The molecule has 1 N–H and O–H groups in total. The van der Waals surface area contributed by atoms with Crippen LogP contribution in [-0.2, 0) is 6.18 Å². The lowest BCUT2D eigenvalue weighted by Gasteiger charge is -2.31. The first-order chi connectivity index (χ1) is 8.52. The summed E-state index contributed by atoms with van der Waals surface area (Å²) in [6.07, 6.45) is 1.05.